The summed E-state index contributed by atoms with van der Waals surface area (Å²) < 4.78 is 28.3. The minimum absolute atomic E-state index is 0.0814. The Morgan fingerprint density at radius 1 is 1.00 bits per heavy atom. The van der Waals surface area contributed by atoms with Crippen LogP contribution in [-0.4, -0.2) is 20.9 Å². The van der Waals surface area contributed by atoms with Gasteiger partial charge in [0, 0.05) is 5.02 Å². The maximum Gasteiger partial charge on any atom is 0.264 e. The summed E-state index contributed by atoms with van der Waals surface area (Å²) in [5.41, 5.74) is 5.15. The Bertz CT molecular complexity index is 1310. The number of rotatable bonds is 8. The smallest absolute Gasteiger partial charge is 0.264 e. The molecule has 0 spiro atoms. The normalized spacial score (nSPS) is 14.1. The van der Waals surface area contributed by atoms with Crippen LogP contribution in [-0.2, 0) is 27.7 Å². The van der Waals surface area contributed by atoms with Crippen LogP contribution in [0.4, 0.5) is 5.69 Å². The van der Waals surface area contributed by atoms with Crippen LogP contribution in [0.15, 0.2) is 71.6 Å². The molecule has 4 rings (SSSR count). The van der Waals surface area contributed by atoms with E-state index < -0.39 is 10.0 Å². The van der Waals surface area contributed by atoms with Crippen LogP contribution < -0.4 is 9.62 Å². The topological polar surface area (TPSA) is 66.5 Å². The highest BCUT2D eigenvalue weighted by Crippen LogP contribution is 2.28. The van der Waals surface area contributed by atoms with Crippen molar-refractivity contribution in [3.05, 3.63) is 94.0 Å². The summed E-state index contributed by atoms with van der Waals surface area (Å²) >= 11 is 5.97. The van der Waals surface area contributed by atoms with Crippen molar-refractivity contribution >= 4 is 33.2 Å². The number of carbonyl (C=O) groups excluding carboxylic acids is 1. The molecule has 3 aromatic carbocycles. The molecule has 0 fully saturated rings. The zero-order valence-electron chi connectivity index (χ0n) is 20.1. The van der Waals surface area contributed by atoms with Gasteiger partial charge in [0.05, 0.1) is 16.6 Å². The average Bonchev–Trinajstić information content (AvgIpc) is 2.85. The molecule has 0 saturated heterocycles. The molecule has 35 heavy (non-hydrogen) atoms. The average molecular weight is 511 g/mol. The van der Waals surface area contributed by atoms with E-state index >= 15 is 0 Å². The van der Waals surface area contributed by atoms with E-state index in [9.17, 15) is 13.2 Å². The third-order valence-electron chi connectivity index (χ3n) is 6.50. The van der Waals surface area contributed by atoms with E-state index in [0.29, 0.717) is 17.1 Å². The van der Waals surface area contributed by atoms with E-state index in [1.54, 1.807) is 18.2 Å². The van der Waals surface area contributed by atoms with Crippen LogP contribution in [0.3, 0.4) is 0 Å². The first-order valence-electron chi connectivity index (χ1n) is 12.0. The lowest BCUT2D eigenvalue weighted by Gasteiger charge is -2.26. The molecule has 1 amide bonds. The summed E-state index contributed by atoms with van der Waals surface area (Å²) in [7, 11) is -3.99. The molecule has 1 atom stereocenters. The highest BCUT2D eigenvalue weighted by atomic mass is 35.5. The number of sulfonamides is 1. The van der Waals surface area contributed by atoms with Crippen molar-refractivity contribution in [2.75, 3.05) is 10.8 Å². The molecule has 0 heterocycles. The summed E-state index contributed by atoms with van der Waals surface area (Å²) in [4.78, 5) is 13.3. The van der Waals surface area contributed by atoms with E-state index in [-0.39, 0.29) is 23.4 Å². The Morgan fingerprint density at radius 2 is 1.71 bits per heavy atom. The molecule has 1 N–H and O–H groups in total. The number of carbonyl (C=O) groups is 1. The van der Waals surface area contributed by atoms with Crippen molar-refractivity contribution in [3.8, 4) is 0 Å². The molecule has 3 aromatic rings. The molecular weight excluding hydrogens is 480 g/mol. The Kier molecular flexibility index (Phi) is 7.82. The molecule has 0 bridgehead atoms. The summed E-state index contributed by atoms with van der Waals surface area (Å²) in [6.07, 6.45) is 5.28. The quantitative estimate of drug-likeness (QED) is 0.404. The maximum absolute atomic E-state index is 13.6. The molecular formula is C28H31ClN2O3S. The fourth-order valence-electron chi connectivity index (χ4n) is 4.59. The lowest BCUT2D eigenvalue weighted by molar-refractivity contribution is -0.120. The molecule has 0 aliphatic heterocycles. The Labute approximate surface area is 213 Å². The van der Waals surface area contributed by atoms with Gasteiger partial charge < -0.3 is 5.32 Å². The number of aryl methyl sites for hydroxylation is 3. The minimum atomic E-state index is -3.99. The molecule has 7 heteroatoms. The first-order chi connectivity index (χ1) is 16.8. The van der Waals surface area contributed by atoms with Crippen LogP contribution in [0.2, 0.25) is 5.02 Å². The second-order valence-corrected chi connectivity index (χ2v) is 11.4. The predicted octanol–water partition coefficient (Wildman–Crippen LogP) is 5.99. The molecule has 0 saturated carbocycles. The Hall–Kier alpha value is -2.83. The number of anilines is 1. The van der Waals surface area contributed by atoms with Gasteiger partial charge in [0.25, 0.3) is 10.0 Å². The van der Waals surface area contributed by atoms with Gasteiger partial charge in [0.1, 0.15) is 6.54 Å². The van der Waals surface area contributed by atoms with Gasteiger partial charge in [-0.2, -0.15) is 0 Å². The van der Waals surface area contributed by atoms with Gasteiger partial charge in [-0.1, -0.05) is 48.9 Å². The maximum atomic E-state index is 13.6. The number of nitrogens with zero attached hydrogens (tertiary/aromatic N) is 1. The van der Waals surface area contributed by atoms with Crippen molar-refractivity contribution in [1.29, 1.82) is 0 Å². The standard InChI is InChI=1S/C28H31ClN2O3S/c1-3-27(23-12-11-21-8-4-5-9-22(21)18-23)30-28(32)19-31(25-10-6-7-20(2)17-25)35(33,34)26-15-13-24(29)14-16-26/h6-7,10-18,27H,3-5,8-9,19H2,1-2H3,(H,30,32)/t27-/m1/s1. The van der Waals surface area contributed by atoms with Crippen molar-refractivity contribution in [1.82, 2.24) is 5.32 Å². The van der Waals surface area contributed by atoms with E-state index in [1.807, 2.05) is 19.9 Å². The first-order valence-corrected chi connectivity index (χ1v) is 13.9. The van der Waals surface area contributed by atoms with E-state index in [0.717, 1.165) is 28.3 Å². The van der Waals surface area contributed by atoms with Crippen LogP contribution in [0.25, 0.3) is 0 Å². The number of nitrogens with one attached hydrogen (secondary N) is 1. The number of hydrogen-bond donors (Lipinski definition) is 1. The van der Waals surface area contributed by atoms with Crippen LogP contribution in [0.5, 0.6) is 0 Å². The van der Waals surface area contributed by atoms with Gasteiger partial charge in [-0.3, -0.25) is 9.10 Å². The molecule has 0 aromatic heterocycles. The zero-order valence-corrected chi connectivity index (χ0v) is 21.7. The number of amides is 1. The van der Waals surface area contributed by atoms with Crippen LogP contribution >= 0.6 is 11.6 Å². The number of fused-ring (bicyclic) bond motifs is 1. The molecule has 0 unspecified atom stereocenters. The number of halogens is 1. The summed E-state index contributed by atoms with van der Waals surface area (Å²) in [6, 6.07) is 19.4. The fraction of sp³-hybridized carbons (Fsp3) is 0.321. The molecule has 1 aliphatic rings. The van der Waals surface area contributed by atoms with Gasteiger partial charge in [-0.15, -0.1) is 0 Å². The van der Waals surface area contributed by atoms with Gasteiger partial charge in [0.15, 0.2) is 0 Å². The number of hydrogen-bond acceptors (Lipinski definition) is 3. The molecule has 0 radical (unpaired) electrons. The molecule has 1 aliphatic carbocycles. The Morgan fingerprint density at radius 3 is 2.40 bits per heavy atom. The van der Waals surface area contributed by atoms with Crippen molar-refractivity contribution in [2.45, 2.75) is 56.9 Å². The summed E-state index contributed by atoms with van der Waals surface area (Å²) in [5, 5.41) is 3.52. The number of benzene rings is 3. The SMILES string of the molecule is CC[C@@H](NC(=O)CN(c1cccc(C)c1)S(=O)(=O)c1ccc(Cl)cc1)c1ccc2c(c1)CCCC2. The van der Waals surface area contributed by atoms with Gasteiger partial charge in [0.2, 0.25) is 5.91 Å². The zero-order chi connectivity index (χ0) is 25.0. The Balaban J connectivity index is 1.60. The lowest BCUT2D eigenvalue weighted by Crippen LogP contribution is -2.42. The van der Waals surface area contributed by atoms with Crippen LogP contribution in [0.1, 0.15) is 54.5 Å². The monoisotopic (exact) mass is 510 g/mol. The second-order valence-electron chi connectivity index (χ2n) is 9.07. The highest BCUT2D eigenvalue weighted by Gasteiger charge is 2.28. The minimum Gasteiger partial charge on any atom is -0.348 e. The first kappa shape index (κ1) is 25.3. The largest absolute Gasteiger partial charge is 0.348 e. The summed E-state index contributed by atoms with van der Waals surface area (Å²) in [5.74, 6) is -0.353. The molecule has 184 valence electrons. The van der Waals surface area contributed by atoms with E-state index in [4.69, 9.17) is 11.6 Å². The molecule has 5 nitrogen and oxygen atoms in total. The third-order valence-corrected chi connectivity index (χ3v) is 8.54. The van der Waals surface area contributed by atoms with E-state index in [2.05, 4.69) is 23.5 Å². The summed E-state index contributed by atoms with van der Waals surface area (Å²) in [6.45, 7) is 3.59. The van der Waals surface area contributed by atoms with Gasteiger partial charge in [-0.05, 0) is 97.7 Å². The predicted molar refractivity (Wildman–Crippen MR) is 141 cm³/mol. The van der Waals surface area contributed by atoms with Crippen molar-refractivity contribution in [3.63, 3.8) is 0 Å². The fourth-order valence-corrected chi connectivity index (χ4v) is 6.13. The highest BCUT2D eigenvalue weighted by molar-refractivity contribution is 7.92. The van der Waals surface area contributed by atoms with Gasteiger partial charge >= 0.3 is 0 Å². The van der Waals surface area contributed by atoms with Gasteiger partial charge in [-0.25, -0.2) is 8.42 Å². The van der Waals surface area contributed by atoms with Crippen molar-refractivity contribution in [2.24, 2.45) is 0 Å². The van der Waals surface area contributed by atoms with Crippen molar-refractivity contribution < 1.29 is 13.2 Å². The third kappa shape index (κ3) is 5.88. The van der Waals surface area contributed by atoms with E-state index in [1.165, 1.54) is 48.2 Å². The van der Waals surface area contributed by atoms with Crippen LogP contribution in [0, 0.1) is 6.92 Å². The lowest BCUT2D eigenvalue weighted by atomic mass is 9.89. The second kappa shape index (κ2) is 10.8.